The van der Waals surface area contributed by atoms with Crippen LogP contribution in [-0.2, 0) is 6.42 Å². The number of H-pyrrole nitrogens is 1. The van der Waals surface area contributed by atoms with Gasteiger partial charge in [0.2, 0.25) is 0 Å². The van der Waals surface area contributed by atoms with Crippen molar-refractivity contribution in [2.24, 2.45) is 0 Å². The van der Waals surface area contributed by atoms with Crippen molar-refractivity contribution >= 4 is 10.9 Å². The molecule has 114 valence electrons. The summed E-state index contributed by atoms with van der Waals surface area (Å²) in [4.78, 5) is 2.96. The molecule has 0 amide bonds. The second-order valence-corrected chi connectivity index (χ2v) is 5.12. The number of aromatic nitrogens is 1. The van der Waals surface area contributed by atoms with Crippen molar-refractivity contribution in [1.82, 2.24) is 4.98 Å². The highest BCUT2D eigenvalue weighted by Gasteiger charge is 2.16. The van der Waals surface area contributed by atoms with E-state index in [9.17, 15) is 13.2 Å². The van der Waals surface area contributed by atoms with Crippen LogP contribution in [0.1, 0.15) is 12.0 Å². The monoisotopic (exact) mass is 305 g/mol. The van der Waals surface area contributed by atoms with E-state index in [4.69, 9.17) is 5.11 Å². The largest absolute Gasteiger partial charge is 0.396 e. The highest BCUT2D eigenvalue weighted by Crippen LogP contribution is 2.33. The number of aromatic amines is 1. The van der Waals surface area contributed by atoms with Crippen molar-refractivity contribution in [1.29, 1.82) is 0 Å². The second-order valence-electron chi connectivity index (χ2n) is 5.12. The number of aliphatic hydroxyl groups excluding tert-OH is 1. The summed E-state index contributed by atoms with van der Waals surface area (Å²) < 4.78 is 40.5. The van der Waals surface area contributed by atoms with Gasteiger partial charge in [0, 0.05) is 23.8 Å². The van der Waals surface area contributed by atoms with E-state index in [1.807, 2.05) is 0 Å². The highest BCUT2D eigenvalue weighted by atomic mass is 19.1. The van der Waals surface area contributed by atoms with Crippen molar-refractivity contribution in [3.05, 3.63) is 59.4 Å². The molecule has 0 spiro atoms. The molecule has 0 saturated carbocycles. The van der Waals surface area contributed by atoms with Gasteiger partial charge in [-0.15, -0.1) is 0 Å². The Balaban J connectivity index is 2.23. The van der Waals surface area contributed by atoms with Crippen LogP contribution < -0.4 is 0 Å². The molecule has 0 saturated heterocycles. The summed E-state index contributed by atoms with van der Waals surface area (Å²) in [6.07, 6.45) is 0.936. The summed E-state index contributed by atoms with van der Waals surface area (Å²) >= 11 is 0. The van der Waals surface area contributed by atoms with Crippen LogP contribution in [0.3, 0.4) is 0 Å². The number of nitrogens with one attached hydrogen (secondary N) is 1. The average Bonchev–Trinajstić information content (AvgIpc) is 2.85. The van der Waals surface area contributed by atoms with Crippen LogP contribution in [-0.4, -0.2) is 16.7 Å². The lowest BCUT2D eigenvalue weighted by atomic mass is 10.0. The molecule has 22 heavy (non-hydrogen) atoms. The molecule has 1 aromatic heterocycles. The number of fused-ring (bicyclic) bond motifs is 1. The molecule has 0 bridgehead atoms. The first-order valence-electron chi connectivity index (χ1n) is 6.96. The maximum atomic E-state index is 14.0. The molecular weight excluding hydrogens is 291 g/mol. The molecule has 2 nitrogen and oxygen atoms in total. The van der Waals surface area contributed by atoms with Gasteiger partial charge in [-0.2, -0.15) is 0 Å². The van der Waals surface area contributed by atoms with Gasteiger partial charge in [0.05, 0.1) is 5.52 Å². The van der Waals surface area contributed by atoms with Crippen LogP contribution in [0.5, 0.6) is 0 Å². The summed E-state index contributed by atoms with van der Waals surface area (Å²) in [7, 11) is 0. The normalized spacial score (nSPS) is 11.3. The van der Waals surface area contributed by atoms with E-state index in [-0.39, 0.29) is 17.9 Å². The minimum Gasteiger partial charge on any atom is -0.396 e. The molecule has 1 heterocycles. The molecule has 3 aromatic rings. The first-order valence-corrected chi connectivity index (χ1v) is 6.96. The molecule has 0 aliphatic rings. The van der Waals surface area contributed by atoms with Gasteiger partial charge in [0.1, 0.15) is 17.5 Å². The zero-order valence-corrected chi connectivity index (χ0v) is 11.7. The van der Waals surface area contributed by atoms with E-state index in [1.54, 1.807) is 12.1 Å². The molecule has 0 radical (unpaired) electrons. The number of hydrogen-bond acceptors (Lipinski definition) is 1. The molecular formula is C17H14F3NO. The van der Waals surface area contributed by atoms with Crippen molar-refractivity contribution in [2.45, 2.75) is 12.8 Å². The van der Waals surface area contributed by atoms with Crippen LogP contribution in [0.4, 0.5) is 13.2 Å². The summed E-state index contributed by atoms with van der Waals surface area (Å²) in [5, 5.41) is 9.49. The smallest absolute Gasteiger partial charge is 0.150 e. The molecule has 3 rings (SSSR count). The number of hydrogen-bond donors (Lipinski definition) is 2. The Bertz CT molecular complexity index is 809. The topological polar surface area (TPSA) is 36.0 Å². The number of benzene rings is 2. The Morgan fingerprint density at radius 1 is 0.955 bits per heavy atom. The third-order valence-corrected chi connectivity index (χ3v) is 3.65. The van der Waals surface area contributed by atoms with Crippen LogP contribution >= 0.6 is 0 Å². The van der Waals surface area contributed by atoms with E-state index in [1.165, 1.54) is 18.2 Å². The van der Waals surface area contributed by atoms with Gasteiger partial charge in [-0.05, 0) is 54.3 Å². The number of halogens is 3. The average molecular weight is 305 g/mol. The molecule has 0 atom stereocenters. The molecule has 0 aliphatic heterocycles. The maximum Gasteiger partial charge on any atom is 0.150 e. The molecule has 2 N–H and O–H groups in total. The van der Waals surface area contributed by atoms with Crippen LogP contribution in [0, 0.1) is 17.5 Å². The van der Waals surface area contributed by atoms with E-state index >= 15 is 0 Å². The lowest BCUT2D eigenvalue weighted by Crippen LogP contribution is -1.92. The van der Waals surface area contributed by atoms with Crippen LogP contribution in [0.2, 0.25) is 0 Å². The van der Waals surface area contributed by atoms with Crippen LogP contribution in [0.25, 0.3) is 22.2 Å². The molecule has 0 aliphatic carbocycles. The van der Waals surface area contributed by atoms with Crippen molar-refractivity contribution < 1.29 is 18.3 Å². The maximum absolute atomic E-state index is 14.0. The van der Waals surface area contributed by atoms with Gasteiger partial charge in [0.25, 0.3) is 0 Å². The van der Waals surface area contributed by atoms with Crippen molar-refractivity contribution in [3.63, 3.8) is 0 Å². The fourth-order valence-corrected chi connectivity index (χ4v) is 2.65. The minimum absolute atomic E-state index is 0.0205. The minimum atomic E-state index is -0.673. The van der Waals surface area contributed by atoms with E-state index in [0.29, 0.717) is 35.0 Å². The lowest BCUT2D eigenvalue weighted by Gasteiger charge is -2.04. The first-order chi connectivity index (χ1) is 10.6. The zero-order valence-electron chi connectivity index (χ0n) is 11.7. The fraction of sp³-hybridized carbons (Fsp3) is 0.176. The third kappa shape index (κ3) is 2.60. The van der Waals surface area contributed by atoms with Gasteiger partial charge in [-0.1, -0.05) is 0 Å². The summed E-state index contributed by atoms with van der Waals surface area (Å²) in [5.74, 6) is -1.69. The van der Waals surface area contributed by atoms with Gasteiger partial charge < -0.3 is 10.1 Å². The van der Waals surface area contributed by atoms with E-state index < -0.39 is 11.6 Å². The van der Waals surface area contributed by atoms with Gasteiger partial charge >= 0.3 is 0 Å². The summed E-state index contributed by atoms with van der Waals surface area (Å²) in [5.41, 5.74) is 2.24. The predicted octanol–water partition coefficient (Wildman–Crippen LogP) is 4.18. The second kappa shape index (κ2) is 5.85. The Hall–Kier alpha value is -2.27. The Morgan fingerprint density at radius 2 is 1.68 bits per heavy atom. The van der Waals surface area contributed by atoms with Crippen molar-refractivity contribution in [3.8, 4) is 11.3 Å². The Kier molecular flexibility index (Phi) is 3.90. The Labute approximate surface area is 125 Å². The number of rotatable bonds is 4. The number of aryl methyl sites for hydroxylation is 1. The lowest BCUT2D eigenvalue weighted by molar-refractivity contribution is 0.289. The quantitative estimate of drug-likeness (QED) is 0.745. The van der Waals surface area contributed by atoms with Gasteiger partial charge in [0.15, 0.2) is 0 Å². The summed E-state index contributed by atoms with van der Waals surface area (Å²) in [6.45, 7) is -0.0205. The molecule has 0 unspecified atom stereocenters. The van der Waals surface area contributed by atoms with E-state index in [0.717, 1.165) is 6.07 Å². The highest BCUT2D eigenvalue weighted by molar-refractivity contribution is 5.91. The van der Waals surface area contributed by atoms with Crippen molar-refractivity contribution in [2.75, 3.05) is 6.61 Å². The summed E-state index contributed by atoms with van der Waals surface area (Å²) in [6, 6.07) is 7.88. The third-order valence-electron chi connectivity index (χ3n) is 3.65. The SMILES string of the molecule is OCCCc1c(-c2ccc(F)cc2)[nH]c2c(F)cc(F)cc12. The predicted molar refractivity (Wildman–Crippen MR) is 79.0 cm³/mol. The molecule has 5 heteroatoms. The number of aliphatic hydroxyl groups is 1. The standard InChI is InChI=1S/C17H14F3NO/c18-11-5-3-10(4-6-11)16-13(2-1-7-22)14-8-12(19)9-15(20)17(14)21-16/h3-6,8-9,21-22H,1-2,7H2. The van der Waals surface area contributed by atoms with Crippen LogP contribution in [0.15, 0.2) is 36.4 Å². The van der Waals surface area contributed by atoms with E-state index in [2.05, 4.69) is 4.98 Å². The fourth-order valence-electron chi connectivity index (χ4n) is 2.65. The molecule has 0 fully saturated rings. The van der Waals surface area contributed by atoms with Gasteiger partial charge in [-0.25, -0.2) is 13.2 Å². The Morgan fingerprint density at radius 3 is 2.36 bits per heavy atom. The zero-order chi connectivity index (χ0) is 15.7. The molecule has 2 aromatic carbocycles. The van der Waals surface area contributed by atoms with Gasteiger partial charge in [-0.3, -0.25) is 0 Å². The first kappa shape index (κ1) is 14.7.